The molecule has 2 heteroatoms. The third kappa shape index (κ3) is 3.32. The molecule has 2 aromatic rings. The molecular formula is C23H31NO. The zero-order valence-electron chi connectivity index (χ0n) is 15.7. The Bertz CT molecular complexity index is 678. The van der Waals surface area contributed by atoms with Crippen LogP contribution < -0.4 is 10.5 Å². The van der Waals surface area contributed by atoms with E-state index in [1.54, 1.807) is 0 Å². The van der Waals surface area contributed by atoms with Gasteiger partial charge in [0.05, 0.1) is 0 Å². The van der Waals surface area contributed by atoms with Crippen LogP contribution in [0.25, 0.3) is 0 Å². The standard InChI is InChI=1S/C23H31NO/c1-4-23(5-2)21(16-24)20(19-13-9-10-14-22(19)25-23)15-17(3)18-11-7-6-8-12-18/h6-14,17,20-21H,4-5,15-16,24H2,1-3H3. The average Bonchev–Trinajstić information content (AvgIpc) is 2.68. The van der Waals surface area contributed by atoms with Gasteiger partial charge < -0.3 is 10.5 Å². The summed E-state index contributed by atoms with van der Waals surface area (Å²) in [6.07, 6.45) is 3.10. The highest BCUT2D eigenvalue weighted by atomic mass is 16.5. The number of hydrogen-bond acceptors (Lipinski definition) is 2. The molecule has 0 saturated carbocycles. The van der Waals surface area contributed by atoms with Crippen LogP contribution in [0.1, 0.15) is 63.0 Å². The van der Waals surface area contributed by atoms with Crippen LogP contribution in [0.2, 0.25) is 0 Å². The average molecular weight is 338 g/mol. The largest absolute Gasteiger partial charge is 0.487 e. The van der Waals surface area contributed by atoms with Crippen molar-refractivity contribution < 1.29 is 4.74 Å². The molecule has 0 fully saturated rings. The lowest BCUT2D eigenvalue weighted by atomic mass is 9.67. The van der Waals surface area contributed by atoms with Gasteiger partial charge in [0, 0.05) is 5.92 Å². The number of nitrogens with two attached hydrogens (primary N) is 1. The van der Waals surface area contributed by atoms with Crippen molar-refractivity contribution in [3.05, 3.63) is 65.7 Å². The van der Waals surface area contributed by atoms with Crippen LogP contribution in [0.15, 0.2) is 54.6 Å². The van der Waals surface area contributed by atoms with Crippen molar-refractivity contribution in [3.63, 3.8) is 0 Å². The lowest BCUT2D eigenvalue weighted by molar-refractivity contribution is -0.0275. The van der Waals surface area contributed by atoms with E-state index in [0.29, 0.717) is 24.3 Å². The SMILES string of the molecule is CCC1(CC)Oc2ccccc2C(CC(C)c2ccccc2)C1CN. The Morgan fingerprint density at radius 3 is 2.28 bits per heavy atom. The van der Waals surface area contributed by atoms with Crippen LogP contribution in [0, 0.1) is 5.92 Å². The fraction of sp³-hybridized carbons (Fsp3) is 0.478. The van der Waals surface area contributed by atoms with Crippen LogP contribution in [0.5, 0.6) is 5.75 Å². The molecule has 3 unspecified atom stereocenters. The van der Waals surface area contributed by atoms with Crippen LogP contribution in [0.4, 0.5) is 0 Å². The summed E-state index contributed by atoms with van der Waals surface area (Å²) in [7, 11) is 0. The van der Waals surface area contributed by atoms with Gasteiger partial charge in [0.2, 0.25) is 0 Å². The minimum Gasteiger partial charge on any atom is -0.487 e. The molecule has 25 heavy (non-hydrogen) atoms. The Hall–Kier alpha value is -1.80. The quantitative estimate of drug-likeness (QED) is 0.756. The molecule has 2 nitrogen and oxygen atoms in total. The minimum absolute atomic E-state index is 0.149. The Balaban J connectivity index is 1.99. The molecule has 0 spiro atoms. The highest BCUT2D eigenvalue weighted by Crippen LogP contribution is 2.50. The van der Waals surface area contributed by atoms with E-state index in [1.807, 2.05) is 0 Å². The van der Waals surface area contributed by atoms with Gasteiger partial charge in [0.25, 0.3) is 0 Å². The first-order chi connectivity index (χ1) is 12.1. The molecule has 0 bridgehead atoms. The van der Waals surface area contributed by atoms with Crippen LogP contribution in [-0.4, -0.2) is 12.1 Å². The molecule has 1 heterocycles. The zero-order valence-corrected chi connectivity index (χ0v) is 15.7. The first-order valence-electron chi connectivity index (χ1n) is 9.68. The second-order valence-corrected chi connectivity index (χ2v) is 7.41. The number of benzene rings is 2. The molecule has 3 atom stereocenters. The van der Waals surface area contributed by atoms with Crippen LogP contribution in [0.3, 0.4) is 0 Å². The topological polar surface area (TPSA) is 35.2 Å². The van der Waals surface area contributed by atoms with Crippen molar-refractivity contribution in [2.75, 3.05) is 6.54 Å². The molecule has 2 aromatic carbocycles. The number of hydrogen-bond donors (Lipinski definition) is 1. The first-order valence-corrected chi connectivity index (χ1v) is 9.68. The number of fused-ring (bicyclic) bond motifs is 1. The van der Waals surface area contributed by atoms with Crippen LogP contribution in [-0.2, 0) is 0 Å². The summed E-state index contributed by atoms with van der Waals surface area (Å²) >= 11 is 0. The molecule has 0 aromatic heterocycles. The second kappa shape index (κ2) is 7.61. The normalized spacial score (nSPS) is 22.7. The summed E-state index contributed by atoms with van der Waals surface area (Å²) in [4.78, 5) is 0. The summed E-state index contributed by atoms with van der Waals surface area (Å²) < 4.78 is 6.56. The fourth-order valence-electron chi connectivity index (χ4n) is 4.65. The van der Waals surface area contributed by atoms with Crippen molar-refractivity contribution >= 4 is 0 Å². The molecule has 1 aliphatic heterocycles. The van der Waals surface area contributed by atoms with Gasteiger partial charge in [-0.05, 0) is 54.8 Å². The maximum Gasteiger partial charge on any atom is 0.123 e. The third-order valence-electron chi connectivity index (χ3n) is 6.22. The second-order valence-electron chi connectivity index (χ2n) is 7.41. The molecule has 0 amide bonds. The van der Waals surface area contributed by atoms with E-state index in [4.69, 9.17) is 10.5 Å². The van der Waals surface area contributed by atoms with Gasteiger partial charge in [-0.1, -0.05) is 69.3 Å². The summed E-state index contributed by atoms with van der Waals surface area (Å²) in [5, 5.41) is 0. The van der Waals surface area contributed by atoms with Crippen molar-refractivity contribution in [3.8, 4) is 5.75 Å². The van der Waals surface area contributed by atoms with Crippen molar-refractivity contribution in [1.29, 1.82) is 0 Å². The molecular weight excluding hydrogens is 306 g/mol. The summed E-state index contributed by atoms with van der Waals surface area (Å²) in [5.41, 5.74) is 8.90. The Morgan fingerprint density at radius 1 is 1.00 bits per heavy atom. The van der Waals surface area contributed by atoms with E-state index in [2.05, 4.69) is 75.4 Å². The van der Waals surface area contributed by atoms with E-state index >= 15 is 0 Å². The van der Waals surface area contributed by atoms with Gasteiger partial charge in [-0.25, -0.2) is 0 Å². The lowest BCUT2D eigenvalue weighted by Gasteiger charge is -2.48. The van der Waals surface area contributed by atoms with Gasteiger partial charge in [0.15, 0.2) is 0 Å². The number of rotatable bonds is 6. The third-order valence-corrected chi connectivity index (χ3v) is 6.22. The maximum absolute atomic E-state index is 6.56. The monoisotopic (exact) mass is 337 g/mol. The van der Waals surface area contributed by atoms with Gasteiger partial charge in [-0.2, -0.15) is 0 Å². The molecule has 0 radical (unpaired) electrons. The highest BCUT2D eigenvalue weighted by Gasteiger charge is 2.47. The molecule has 2 N–H and O–H groups in total. The number of para-hydroxylation sites is 1. The van der Waals surface area contributed by atoms with E-state index in [0.717, 1.165) is 25.0 Å². The molecule has 134 valence electrons. The molecule has 1 aliphatic rings. The Kier molecular flexibility index (Phi) is 5.48. The number of ether oxygens (including phenoxy) is 1. The predicted molar refractivity (Wildman–Crippen MR) is 105 cm³/mol. The summed E-state index contributed by atoms with van der Waals surface area (Å²) in [6.45, 7) is 7.47. The van der Waals surface area contributed by atoms with E-state index in [9.17, 15) is 0 Å². The van der Waals surface area contributed by atoms with Crippen LogP contribution >= 0.6 is 0 Å². The van der Waals surface area contributed by atoms with Gasteiger partial charge in [-0.15, -0.1) is 0 Å². The van der Waals surface area contributed by atoms with Gasteiger partial charge >= 0.3 is 0 Å². The van der Waals surface area contributed by atoms with E-state index < -0.39 is 0 Å². The highest BCUT2D eigenvalue weighted by molar-refractivity contribution is 5.41. The predicted octanol–water partition coefficient (Wildman–Crippen LogP) is 5.49. The smallest absolute Gasteiger partial charge is 0.123 e. The first kappa shape index (κ1) is 18.0. The molecule has 3 rings (SSSR count). The summed E-state index contributed by atoms with van der Waals surface area (Å²) in [6, 6.07) is 19.4. The van der Waals surface area contributed by atoms with Crippen molar-refractivity contribution in [2.24, 2.45) is 11.7 Å². The zero-order chi connectivity index (χ0) is 17.9. The lowest BCUT2D eigenvalue weighted by Crippen LogP contribution is -2.51. The van der Waals surface area contributed by atoms with E-state index in [-0.39, 0.29) is 5.60 Å². The van der Waals surface area contributed by atoms with Gasteiger partial charge in [0.1, 0.15) is 11.4 Å². The summed E-state index contributed by atoms with van der Waals surface area (Å²) in [5.74, 6) is 2.34. The van der Waals surface area contributed by atoms with Crippen molar-refractivity contribution in [1.82, 2.24) is 0 Å². The fourth-order valence-corrected chi connectivity index (χ4v) is 4.65. The molecule has 0 aliphatic carbocycles. The van der Waals surface area contributed by atoms with E-state index in [1.165, 1.54) is 11.1 Å². The van der Waals surface area contributed by atoms with Crippen molar-refractivity contribution in [2.45, 2.75) is 57.5 Å². The maximum atomic E-state index is 6.56. The Labute approximate surface area is 152 Å². The van der Waals surface area contributed by atoms with Gasteiger partial charge in [-0.3, -0.25) is 0 Å². The Morgan fingerprint density at radius 2 is 1.64 bits per heavy atom. The minimum atomic E-state index is -0.149. The molecule has 0 saturated heterocycles.